The Morgan fingerprint density at radius 3 is 3.12 bits per heavy atom. The molecule has 0 bridgehead atoms. The van der Waals surface area contributed by atoms with Gasteiger partial charge in [-0.3, -0.25) is 9.89 Å². The van der Waals surface area contributed by atoms with E-state index in [4.69, 9.17) is 0 Å². The Kier molecular flexibility index (Phi) is 1.46. The summed E-state index contributed by atoms with van der Waals surface area (Å²) in [6.07, 6.45) is 0. The third-order valence-electron chi connectivity index (χ3n) is 3.12. The van der Waals surface area contributed by atoms with E-state index in [1.54, 1.807) is 4.57 Å². The van der Waals surface area contributed by atoms with E-state index in [1.165, 1.54) is 0 Å². The van der Waals surface area contributed by atoms with Gasteiger partial charge in [-0.1, -0.05) is 12.1 Å². The van der Waals surface area contributed by atoms with Crippen LogP contribution in [0.25, 0.3) is 5.69 Å². The molecule has 0 saturated carbocycles. The number of rotatable bonds is 0. The molecule has 0 fully saturated rings. The van der Waals surface area contributed by atoms with Crippen molar-refractivity contribution in [2.45, 2.75) is 0 Å². The van der Waals surface area contributed by atoms with Crippen molar-refractivity contribution < 1.29 is 0 Å². The minimum atomic E-state index is -0.210. The Morgan fingerprint density at radius 1 is 1.29 bits per heavy atom. The quantitative estimate of drug-likeness (QED) is 0.696. The van der Waals surface area contributed by atoms with E-state index in [0.29, 0.717) is 5.95 Å². The fourth-order valence-electron chi connectivity index (χ4n) is 2.42. The average Bonchev–Trinajstić information content (AvgIpc) is 2.96. The molecule has 6 heteroatoms. The molecule has 0 radical (unpaired) electrons. The molecule has 0 aliphatic carbocycles. The number of amidine groups is 1. The molecule has 17 heavy (non-hydrogen) atoms. The van der Waals surface area contributed by atoms with Crippen LogP contribution in [-0.4, -0.2) is 33.7 Å². The number of H-pyrrole nitrogens is 1. The van der Waals surface area contributed by atoms with Gasteiger partial charge in [0.25, 0.3) is 0 Å². The first-order chi connectivity index (χ1) is 8.36. The Morgan fingerprint density at radius 2 is 2.18 bits per heavy atom. The van der Waals surface area contributed by atoms with Gasteiger partial charge in [0.1, 0.15) is 5.84 Å². The zero-order chi connectivity index (χ0) is 11.4. The molecule has 0 spiro atoms. The lowest BCUT2D eigenvalue weighted by molar-refractivity contribution is 0.908. The van der Waals surface area contributed by atoms with E-state index in [2.05, 4.69) is 15.2 Å². The van der Waals surface area contributed by atoms with Crippen LogP contribution in [0, 0.1) is 0 Å². The van der Waals surface area contributed by atoms with Crippen molar-refractivity contribution in [2.75, 3.05) is 18.0 Å². The van der Waals surface area contributed by atoms with Gasteiger partial charge in [-0.05, 0) is 12.1 Å². The predicted octanol–water partition coefficient (Wildman–Crippen LogP) is 0.141. The van der Waals surface area contributed by atoms with Gasteiger partial charge in [0.2, 0.25) is 5.95 Å². The van der Waals surface area contributed by atoms with Crippen LogP contribution in [0.1, 0.15) is 5.56 Å². The largest absolute Gasteiger partial charge is 0.349 e. The van der Waals surface area contributed by atoms with Gasteiger partial charge >= 0.3 is 5.69 Å². The highest BCUT2D eigenvalue weighted by Gasteiger charge is 2.32. The maximum atomic E-state index is 11.8. The molecular formula is C11H9N5O. The molecule has 0 saturated heterocycles. The molecule has 4 rings (SSSR count). The topological polar surface area (TPSA) is 66.3 Å². The monoisotopic (exact) mass is 227 g/mol. The molecule has 2 aromatic rings. The summed E-state index contributed by atoms with van der Waals surface area (Å²) in [5.41, 5.74) is 1.62. The van der Waals surface area contributed by atoms with Crippen molar-refractivity contribution in [3.05, 3.63) is 40.3 Å². The summed E-state index contributed by atoms with van der Waals surface area (Å²) < 4.78 is 1.60. The number of benzene rings is 1. The van der Waals surface area contributed by atoms with Crippen LogP contribution in [0.15, 0.2) is 34.1 Å². The highest BCUT2D eigenvalue weighted by atomic mass is 16.2. The summed E-state index contributed by atoms with van der Waals surface area (Å²) in [7, 11) is 0. The summed E-state index contributed by atoms with van der Waals surface area (Å²) in [5.74, 6) is 1.54. The second kappa shape index (κ2) is 2.85. The molecule has 1 aromatic carbocycles. The van der Waals surface area contributed by atoms with Crippen molar-refractivity contribution in [1.29, 1.82) is 0 Å². The Labute approximate surface area is 96.2 Å². The van der Waals surface area contributed by atoms with Gasteiger partial charge in [0.15, 0.2) is 0 Å². The van der Waals surface area contributed by atoms with Crippen LogP contribution in [0.4, 0.5) is 5.95 Å². The lowest BCUT2D eigenvalue weighted by Crippen LogP contribution is -2.37. The van der Waals surface area contributed by atoms with Crippen LogP contribution in [-0.2, 0) is 0 Å². The number of hydrogen-bond acceptors (Lipinski definition) is 4. The van der Waals surface area contributed by atoms with Gasteiger partial charge in [0, 0.05) is 12.1 Å². The van der Waals surface area contributed by atoms with Crippen LogP contribution < -0.4 is 10.6 Å². The van der Waals surface area contributed by atoms with E-state index >= 15 is 0 Å². The smallest absolute Gasteiger partial charge is 0.293 e. The third-order valence-corrected chi connectivity index (χ3v) is 3.12. The van der Waals surface area contributed by atoms with E-state index in [9.17, 15) is 4.79 Å². The zero-order valence-electron chi connectivity index (χ0n) is 8.92. The molecular weight excluding hydrogens is 218 g/mol. The van der Waals surface area contributed by atoms with E-state index in [-0.39, 0.29) is 5.69 Å². The first-order valence-electron chi connectivity index (χ1n) is 5.45. The van der Waals surface area contributed by atoms with Crippen LogP contribution in [0.3, 0.4) is 0 Å². The van der Waals surface area contributed by atoms with Crippen LogP contribution in [0.2, 0.25) is 0 Å². The van der Waals surface area contributed by atoms with Crippen molar-refractivity contribution in [3.8, 4) is 5.69 Å². The fourth-order valence-corrected chi connectivity index (χ4v) is 2.42. The molecule has 6 nitrogen and oxygen atoms in total. The molecule has 2 aliphatic rings. The second-order valence-corrected chi connectivity index (χ2v) is 4.04. The summed E-state index contributed by atoms with van der Waals surface area (Å²) in [4.78, 5) is 18.2. The first-order valence-corrected chi connectivity index (χ1v) is 5.45. The normalized spacial score (nSPS) is 16.2. The highest BCUT2D eigenvalue weighted by Crippen LogP contribution is 2.29. The number of aliphatic imine (C=N–C) groups is 1. The number of aromatic nitrogens is 3. The molecule has 1 aromatic heterocycles. The standard InChI is InChI=1S/C11H9N5O/c17-11-14-13-10-15-6-5-12-9(15)7-3-1-2-4-8(7)16(10)11/h1-4H,5-6H2,(H,14,17). The summed E-state index contributed by atoms with van der Waals surface area (Å²) in [6.45, 7) is 1.51. The van der Waals surface area contributed by atoms with Gasteiger partial charge in [0.05, 0.1) is 12.2 Å². The molecule has 1 N–H and O–H groups in total. The minimum absolute atomic E-state index is 0.210. The predicted molar refractivity (Wildman–Crippen MR) is 62.9 cm³/mol. The molecule has 0 atom stereocenters. The maximum absolute atomic E-state index is 11.8. The molecule has 3 heterocycles. The van der Waals surface area contributed by atoms with Gasteiger partial charge in [-0.15, -0.1) is 5.10 Å². The Balaban J connectivity index is 2.15. The maximum Gasteiger partial charge on any atom is 0.349 e. The molecule has 2 aliphatic heterocycles. The van der Waals surface area contributed by atoms with Crippen molar-refractivity contribution in [3.63, 3.8) is 0 Å². The van der Waals surface area contributed by atoms with Gasteiger partial charge in [-0.25, -0.2) is 14.5 Å². The average molecular weight is 227 g/mol. The number of hydrogen-bond donors (Lipinski definition) is 1. The number of anilines is 1. The summed E-state index contributed by atoms with van der Waals surface area (Å²) >= 11 is 0. The van der Waals surface area contributed by atoms with Crippen molar-refractivity contribution in [2.24, 2.45) is 4.99 Å². The van der Waals surface area contributed by atoms with Crippen LogP contribution >= 0.6 is 0 Å². The minimum Gasteiger partial charge on any atom is -0.293 e. The number of para-hydroxylation sites is 1. The molecule has 84 valence electrons. The lowest BCUT2D eigenvalue weighted by Gasteiger charge is -2.26. The van der Waals surface area contributed by atoms with Gasteiger partial charge < -0.3 is 0 Å². The molecule has 0 unspecified atom stereocenters. The third kappa shape index (κ3) is 0.968. The highest BCUT2D eigenvalue weighted by molar-refractivity contribution is 6.14. The van der Waals surface area contributed by atoms with E-state index in [0.717, 1.165) is 30.2 Å². The Bertz CT molecular complexity index is 696. The SMILES string of the molecule is O=c1[nH]nc2n1-c1ccccc1C1=NCCN12. The van der Waals surface area contributed by atoms with E-state index < -0.39 is 0 Å². The number of fused-ring (bicyclic) bond motifs is 6. The van der Waals surface area contributed by atoms with Crippen molar-refractivity contribution >= 4 is 11.8 Å². The van der Waals surface area contributed by atoms with Crippen molar-refractivity contribution in [1.82, 2.24) is 14.8 Å². The van der Waals surface area contributed by atoms with Crippen LogP contribution in [0.5, 0.6) is 0 Å². The van der Waals surface area contributed by atoms with E-state index in [1.807, 2.05) is 29.2 Å². The Hall–Kier alpha value is -2.37. The zero-order valence-corrected chi connectivity index (χ0v) is 8.92. The number of nitrogens with zero attached hydrogens (tertiary/aromatic N) is 4. The molecule has 0 amide bonds. The lowest BCUT2D eigenvalue weighted by atomic mass is 10.1. The first kappa shape index (κ1) is 8.74. The van der Waals surface area contributed by atoms with Gasteiger partial charge in [-0.2, -0.15) is 0 Å². The number of aromatic amines is 1. The summed E-state index contributed by atoms with van der Waals surface area (Å²) in [5, 5.41) is 6.56. The second-order valence-electron chi connectivity index (χ2n) is 4.04. The fraction of sp³-hybridized carbons (Fsp3) is 0.182. The summed E-state index contributed by atoms with van der Waals surface area (Å²) in [6, 6.07) is 7.75. The number of nitrogens with one attached hydrogen (secondary N) is 1.